The number of rotatable bonds is 4. The molecule has 0 radical (unpaired) electrons. The van der Waals surface area contributed by atoms with Crippen molar-refractivity contribution in [1.29, 1.82) is 0 Å². The molecule has 0 spiro atoms. The van der Waals surface area contributed by atoms with Gasteiger partial charge in [0.05, 0.1) is 5.69 Å². The molecule has 0 amide bonds. The molecule has 3 rings (SSSR count). The van der Waals surface area contributed by atoms with E-state index >= 15 is 0 Å². The third kappa shape index (κ3) is 1.99. The topological polar surface area (TPSA) is 46.6 Å². The zero-order valence-electron chi connectivity index (χ0n) is 11.7. The van der Waals surface area contributed by atoms with E-state index in [0.29, 0.717) is 6.54 Å². The third-order valence-electron chi connectivity index (χ3n) is 3.51. The Balaban J connectivity index is 2.16. The molecule has 0 bridgehead atoms. The summed E-state index contributed by atoms with van der Waals surface area (Å²) in [6.45, 7) is 5.61. The lowest BCUT2D eigenvalue weighted by Gasteiger charge is -2.23. The van der Waals surface area contributed by atoms with E-state index in [0.717, 1.165) is 23.0 Å². The number of nitrogens with two attached hydrogens (primary N) is 1. The molecule has 104 valence electrons. The van der Waals surface area contributed by atoms with E-state index in [2.05, 4.69) is 47.4 Å². The average Bonchev–Trinajstić information content (AvgIpc) is 3.02. The lowest BCUT2D eigenvalue weighted by molar-refractivity contribution is 0.925. The summed E-state index contributed by atoms with van der Waals surface area (Å²) in [5.74, 6) is 0.969. The number of nitrogens with zero attached hydrogens (tertiary/aromatic N) is 3. The molecule has 1 aromatic carbocycles. The van der Waals surface area contributed by atoms with Gasteiger partial charge >= 0.3 is 0 Å². The summed E-state index contributed by atoms with van der Waals surface area (Å²) in [6, 6.07) is 8.37. The van der Waals surface area contributed by atoms with E-state index in [-0.39, 0.29) is 0 Å². The molecule has 2 aromatic heterocycles. The number of fused-ring (bicyclic) bond motifs is 1. The first-order valence-corrected chi connectivity index (χ1v) is 7.62. The van der Waals surface area contributed by atoms with Crippen LogP contribution in [-0.4, -0.2) is 15.9 Å². The van der Waals surface area contributed by atoms with Crippen molar-refractivity contribution in [2.75, 3.05) is 11.4 Å². The summed E-state index contributed by atoms with van der Waals surface area (Å²) in [6.07, 6.45) is 2.03. The Morgan fingerprint density at radius 3 is 2.85 bits per heavy atom. The Kier molecular flexibility index (Phi) is 3.46. The average molecular weight is 286 g/mol. The first kappa shape index (κ1) is 13.1. The summed E-state index contributed by atoms with van der Waals surface area (Å²) in [5, 5.41) is 2.04. The van der Waals surface area contributed by atoms with Crippen LogP contribution in [0.5, 0.6) is 0 Å². The fourth-order valence-corrected chi connectivity index (χ4v) is 3.26. The quantitative estimate of drug-likeness (QED) is 0.800. The van der Waals surface area contributed by atoms with Crippen molar-refractivity contribution in [3.05, 3.63) is 47.1 Å². The van der Waals surface area contributed by atoms with Crippen molar-refractivity contribution in [3.8, 4) is 0 Å². The van der Waals surface area contributed by atoms with Crippen molar-refractivity contribution in [2.24, 2.45) is 5.73 Å². The number of aromatic nitrogens is 2. The summed E-state index contributed by atoms with van der Waals surface area (Å²) < 4.78 is 2.08. The number of benzene rings is 1. The van der Waals surface area contributed by atoms with Crippen LogP contribution in [0.1, 0.15) is 18.2 Å². The summed E-state index contributed by atoms with van der Waals surface area (Å²) >= 11 is 1.63. The monoisotopic (exact) mass is 286 g/mol. The Bertz CT molecular complexity index is 728. The van der Waals surface area contributed by atoms with Crippen molar-refractivity contribution in [3.63, 3.8) is 0 Å². The van der Waals surface area contributed by atoms with Crippen LogP contribution >= 0.6 is 11.3 Å². The van der Waals surface area contributed by atoms with E-state index in [1.165, 1.54) is 11.3 Å². The SMILES string of the molecule is CCN(c1ccccc1C)c1nc2sccn2c1CN. The number of anilines is 2. The van der Waals surface area contributed by atoms with Crippen LogP contribution in [0.15, 0.2) is 35.8 Å². The van der Waals surface area contributed by atoms with Gasteiger partial charge in [0, 0.05) is 30.4 Å². The predicted octanol–water partition coefficient (Wildman–Crippen LogP) is 3.32. The standard InChI is InChI=1S/C15H18N4S/c1-3-18(12-7-5-4-6-11(12)2)14-13(10-16)19-8-9-20-15(19)17-14/h4-9H,3,10,16H2,1-2H3. The fourth-order valence-electron chi connectivity index (χ4n) is 2.53. The van der Waals surface area contributed by atoms with E-state index in [9.17, 15) is 0 Å². The molecule has 3 aromatic rings. The van der Waals surface area contributed by atoms with Crippen LogP contribution in [0.4, 0.5) is 11.5 Å². The van der Waals surface area contributed by atoms with Gasteiger partial charge in [-0.3, -0.25) is 4.40 Å². The maximum atomic E-state index is 5.95. The van der Waals surface area contributed by atoms with Gasteiger partial charge in [-0.1, -0.05) is 18.2 Å². The maximum absolute atomic E-state index is 5.95. The molecule has 20 heavy (non-hydrogen) atoms. The smallest absolute Gasteiger partial charge is 0.195 e. The lowest BCUT2D eigenvalue weighted by Crippen LogP contribution is -2.20. The highest BCUT2D eigenvalue weighted by atomic mass is 32.1. The number of aryl methyl sites for hydroxylation is 1. The van der Waals surface area contributed by atoms with Gasteiger partial charge in [0.2, 0.25) is 0 Å². The van der Waals surface area contributed by atoms with E-state index in [4.69, 9.17) is 10.7 Å². The van der Waals surface area contributed by atoms with Crippen LogP contribution in [-0.2, 0) is 6.54 Å². The highest BCUT2D eigenvalue weighted by molar-refractivity contribution is 7.15. The van der Waals surface area contributed by atoms with Crippen LogP contribution in [0.2, 0.25) is 0 Å². The first-order valence-electron chi connectivity index (χ1n) is 6.74. The van der Waals surface area contributed by atoms with Gasteiger partial charge in [0.15, 0.2) is 10.8 Å². The van der Waals surface area contributed by atoms with Gasteiger partial charge in [0.1, 0.15) is 0 Å². The lowest BCUT2D eigenvalue weighted by atomic mass is 10.1. The number of para-hydroxylation sites is 1. The maximum Gasteiger partial charge on any atom is 0.195 e. The fraction of sp³-hybridized carbons (Fsp3) is 0.267. The minimum Gasteiger partial charge on any atom is -0.325 e. The Morgan fingerprint density at radius 1 is 1.35 bits per heavy atom. The van der Waals surface area contributed by atoms with Gasteiger partial charge in [-0.15, -0.1) is 11.3 Å². The van der Waals surface area contributed by atoms with Gasteiger partial charge in [-0.25, -0.2) is 4.98 Å². The number of hydrogen-bond donors (Lipinski definition) is 1. The van der Waals surface area contributed by atoms with Gasteiger partial charge in [-0.2, -0.15) is 0 Å². The second-order valence-corrected chi connectivity index (χ2v) is 5.55. The third-order valence-corrected chi connectivity index (χ3v) is 4.27. The second-order valence-electron chi connectivity index (χ2n) is 4.67. The van der Waals surface area contributed by atoms with Crippen LogP contribution < -0.4 is 10.6 Å². The van der Waals surface area contributed by atoms with Crippen molar-refractivity contribution >= 4 is 27.8 Å². The minimum absolute atomic E-state index is 0.482. The Hall–Kier alpha value is -1.85. The largest absolute Gasteiger partial charge is 0.325 e. The zero-order valence-corrected chi connectivity index (χ0v) is 12.5. The van der Waals surface area contributed by atoms with Crippen LogP contribution in [0.25, 0.3) is 4.96 Å². The van der Waals surface area contributed by atoms with E-state index < -0.39 is 0 Å². The molecule has 0 saturated carbocycles. The normalized spacial score (nSPS) is 11.2. The van der Waals surface area contributed by atoms with E-state index in [1.54, 1.807) is 11.3 Å². The molecule has 0 atom stereocenters. The van der Waals surface area contributed by atoms with Crippen molar-refractivity contribution in [1.82, 2.24) is 9.38 Å². The number of thiazole rings is 1. The molecule has 2 N–H and O–H groups in total. The first-order chi connectivity index (χ1) is 9.76. The van der Waals surface area contributed by atoms with Crippen molar-refractivity contribution in [2.45, 2.75) is 20.4 Å². The van der Waals surface area contributed by atoms with Crippen LogP contribution in [0.3, 0.4) is 0 Å². The molecule has 0 saturated heterocycles. The minimum atomic E-state index is 0.482. The molecule has 0 aliphatic rings. The van der Waals surface area contributed by atoms with Crippen molar-refractivity contribution < 1.29 is 0 Å². The van der Waals surface area contributed by atoms with Crippen LogP contribution in [0, 0.1) is 6.92 Å². The number of imidazole rings is 1. The number of hydrogen-bond acceptors (Lipinski definition) is 4. The second kappa shape index (κ2) is 5.26. The van der Waals surface area contributed by atoms with Gasteiger partial charge in [0.25, 0.3) is 0 Å². The van der Waals surface area contributed by atoms with E-state index in [1.807, 2.05) is 11.6 Å². The Labute approximate surface area is 122 Å². The molecule has 0 aliphatic heterocycles. The summed E-state index contributed by atoms with van der Waals surface area (Å²) in [7, 11) is 0. The summed E-state index contributed by atoms with van der Waals surface area (Å²) in [4.78, 5) is 7.99. The molecular formula is C15H18N4S. The molecular weight excluding hydrogens is 268 g/mol. The zero-order chi connectivity index (χ0) is 14.1. The summed E-state index contributed by atoms with van der Waals surface area (Å²) in [5.41, 5.74) is 9.44. The molecule has 2 heterocycles. The molecule has 5 heteroatoms. The highest BCUT2D eigenvalue weighted by Gasteiger charge is 2.19. The Morgan fingerprint density at radius 2 is 2.15 bits per heavy atom. The molecule has 0 unspecified atom stereocenters. The highest BCUT2D eigenvalue weighted by Crippen LogP contribution is 2.31. The molecule has 0 aliphatic carbocycles. The van der Waals surface area contributed by atoms with Gasteiger partial charge in [-0.05, 0) is 25.5 Å². The van der Waals surface area contributed by atoms with Gasteiger partial charge < -0.3 is 10.6 Å². The predicted molar refractivity (Wildman–Crippen MR) is 84.8 cm³/mol. The molecule has 0 fully saturated rings. The molecule has 4 nitrogen and oxygen atoms in total.